The highest BCUT2D eigenvalue weighted by atomic mass is 31.1. The molecule has 1 atom stereocenters. The van der Waals surface area contributed by atoms with E-state index in [0.29, 0.717) is 11.8 Å². The third-order valence-corrected chi connectivity index (χ3v) is 5.13. The second-order valence-corrected chi connectivity index (χ2v) is 7.34. The van der Waals surface area contributed by atoms with Gasteiger partial charge in [0.25, 0.3) is 0 Å². The summed E-state index contributed by atoms with van der Waals surface area (Å²) < 4.78 is 18.2. The zero-order valence-corrected chi connectivity index (χ0v) is 13.8. The molecule has 21 heavy (non-hydrogen) atoms. The lowest BCUT2D eigenvalue weighted by Crippen LogP contribution is -1.95. The largest absolute Gasteiger partial charge is 0.597 e. The van der Waals surface area contributed by atoms with Crippen molar-refractivity contribution in [1.29, 1.82) is 0 Å². The smallest absolute Gasteiger partial charge is 0.249 e. The fourth-order valence-electron chi connectivity index (χ4n) is 2.73. The molecule has 0 saturated heterocycles. The maximum Gasteiger partial charge on any atom is 0.597 e. The Balaban J connectivity index is 2.55. The normalized spacial score (nSPS) is 12.8. The number of hydrogen-bond acceptors (Lipinski definition) is 2. The maximum absolute atomic E-state index is 12.4. The summed E-state index contributed by atoms with van der Waals surface area (Å²) in [6.45, 7) is 8.69. The van der Waals surface area contributed by atoms with Crippen LogP contribution in [0.5, 0.6) is 0 Å². The van der Waals surface area contributed by atoms with Crippen LogP contribution in [0.1, 0.15) is 50.7 Å². The zero-order valence-electron chi connectivity index (χ0n) is 12.9. The number of benzene rings is 2. The predicted molar refractivity (Wildman–Crippen MR) is 89.5 cm³/mol. The van der Waals surface area contributed by atoms with E-state index in [1.165, 1.54) is 5.56 Å². The Bertz CT molecular complexity index is 875. The van der Waals surface area contributed by atoms with Crippen LogP contribution in [-0.4, -0.2) is 0 Å². The van der Waals surface area contributed by atoms with Crippen LogP contribution in [0.15, 0.2) is 40.6 Å². The lowest BCUT2D eigenvalue weighted by molar-refractivity contribution is 0.562. The number of fused-ring (bicyclic) bond motifs is 3. The van der Waals surface area contributed by atoms with Gasteiger partial charge in [-0.1, -0.05) is 45.9 Å². The Morgan fingerprint density at radius 1 is 0.952 bits per heavy atom. The summed E-state index contributed by atoms with van der Waals surface area (Å²) in [4.78, 5) is 0. The molecule has 2 nitrogen and oxygen atoms in total. The van der Waals surface area contributed by atoms with E-state index in [1.807, 2.05) is 24.3 Å². The van der Waals surface area contributed by atoms with E-state index in [9.17, 15) is 4.57 Å². The topological polar surface area (TPSA) is 30.2 Å². The van der Waals surface area contributed by atoms with Gasteiger partial charge in [0, 0.05) is 16.3 Å². The molecule has 0 fully saturated rings. The molecule has 0 radical (unpaired) electrons. The molecule has 3 aromatic rings. The van der Waals surface area contributed by atoms with Gasteiger partial charge in [0.2, 0.25) is 5.12 Å². The monoisotopic (exact) mass is 299 g/mol. The Hall–Kier alpha value is -1.66. The van der Waals surface area contributed by atoms with E-state index in [0.717, 1.165) is 27.0 Å². The molecule has 0 saturated carbocycles. The zero-order chi connectivity index (χ0) is 15.1. The minimum absolute atomic E-state index is 0.339. The highest BCUT2D eigenvalue weighted by Gasteiger charge is 2.21. The first-order valence-corrected chi connectivity index (χ1v) is 8.59. The molecule has 0 bridgehead atoms. The standard InChI is InChI=1S/C18H20O2P/c1-11(2)13-9-15(12(3)4)18-16(10-13)14-7-5-6-8-17(14)21(19)20-18/h5-12H,1-4H3/q+1. The molecule has 2 aromatic carbocycles. The van der Waals surface area contributed by atoms with Crippen LogP contribution in [0.3, 0.4) is 0 Å². The third kappa shape index (κ3) is 2.38. The SMILES string of the molecule is CC(C)c1cc(C(C)C)c2o[p+](=O)c3ccccc3c2c1. The van der Waals surface area contributed by atoms with E-state index in [-0.39, 0.29) is 0 Å². The van der Waals surface area contributed by atoms with Crippen molar-refractivity contribution in [2.75, 3.05) is 0 Å². The molecule has 0 amide bonds. The van der Waals surface area contributed by atoms with Gasteiger partial charge in [-0.3, -0.25) is 0 Å². The molecule has 1 heterocycles. The first-order chi connectivity index (χ1) is 9.99. The van der Waals surface area contributed by atoms with Gasteiger partial charge in [0.05, 0.1) is 0 Å². The summed E-state index contributed by atoms with van der Waals surface area (Å²) in [7, 11) is -1.81. The van der Waals surface area contributed by atoms with Crippen molar-refractivity contribution in [3.8, 4) is 0 Å². The van der Waals surface area contributed by atoms with Crippen LogP contribution < -0.4 is 0 Å². The van der Waals surface area contributed by atoms with Gasteiger partial charge in [0.1, 0.15) is 0 Å². The maximum atomic E-state index is 12.4. The molecule has 0 N–H and O–H groups in total. The molecule has 0 aliphatic rings. The highest BCUT2D eigenvalue weighted by Crippen LogP contribution is 2.39. The second kappa shape index (κ2) is 5.27. The molecule has 108 valence electrons. The van der Waals surface area contributed by atoms with Gasteiger partial charge < -0.3 is 0 Å². The summed E-state index contributed by atoms with van der Waals surface area (Å²) in [6.07, 6.45) is 0. The average Bonchev–Trinajstić information content (AvgIpc) is 2.46. The molecule has 0 spiro atoms. The predicted octanol–water partition coefficient (Wildman–Crippen LogP) is 6.58. The summed E-state index contributed by atoms with van der Waals surface area (Å²) in [5.74, 6) is 0.793. The first-order valence-electron chi connectivity index (χ1n) is 7.41. The van der Waals surface area contributed by atoms with Crippen LogP contribution in [0.2, 0.25) is 0 Å². The molecule has 3 rings (SSSR count). The lowest BCUT2D eigenvalue weighted by atomic mass is 9.92. The van der Waals surface area contributed by atoms with Crippen molar-refractivity contribution in [2.24, 2.45) is 0 Å². The van der Waals surface area contributed by atoms with E-state index in [2.05, 4.69) is 39.8 Å². The highest BCUT2D eigenvalue weighted by molar-refractivity contribution is 7.37. The van der Waals surface area contributed by atoms with Crippen molar-refractivity contribution >= 4 is 29.1 Å². The quantitative estimate of drug-likeness (QED) is 0.500. The van der Waals surface area contributed by atoms with Crippen molar-refractivity contribution < 1.29 is 8.76 Å². The fraction of sp³-hybridized carbons (Fsp3) is 0.333. The average molecular weight is 299 g/mol. The molecular formula is C18H20O2P+. The van der Waals surface area contributed by atoms with Crippen LogP contribution in [-0.2, 0) is 4.57 Å². The molecule has 3 heteroatoms. The lowest BCUT2D eigenvalue weighted by Gasteiger charge is -2.12. The van der Waals surface area contributed by atoms with E-state index in [4.69, 9.17) is 4.20 Å². The van der Waals surface area contributed by atoms with Crippen LogP contribution in [0, 0.1) is 0 Å². The van der Waals surface area contributed by atoms with Crippen molar-refractivity contribution in [1.82, 2.24) is 0 Å². The van der Waals surface area contributed by atoms with Gasteiger partial charge in [-0.25, -0.2) is 4.20 Å². The van der Waals surface area contributed by atoms with E-state index in [1.54, 1.807) is 0 Å². The van der Waals surface area contributed by atoms with Crippen LogP contribution in [0.25, 0.3) is 21.5 Å². The van der Waals surface area contributed by atoms with Gasteiger partial charge >= 0.3 is 7.65 Å². The minimum atomic E-state index is -1.81. The molecule has 0 aliphatic heterocycles. The number of hydrogen-bond donors (Lipinski definition) is 0. The third-order valence-electron chi connectivity index (χ3n) is 3.99. The molecule has 1 unspecified atom stereocenters. The Morgan fingerprint density at radius 2 is 1.67 bits per heavy atom. The van der Waals surface area contributed by atoms with Gasteiger partial charge in [-0.05, 0) is 40.2 Å². The molecule has 0 aliphatic carbocycles. The van der Waals surface area contributed by atoms with Crippen LogP contribution >= 0.6 is 7.65 Å². The van der Waals surface area contributed by atoms with Crippen molar-refractivity contribution in [2.45, 2.75) is 39.5 Å². The summed E-state index contributed by atoms with van der Waals surface area (Å²) in [5, 5.41) is 2.93. The Morgan fingerprint density at radius 3 is 2.33 bits per heavy atom. The summed E-state index contributed by atoms with van der Waals surface area (Å²) in [5.41, 5.74) is 3.25. The van der Waals surface area contributed by atoms with Gasteiger partial charge in [0.15, 0.2) is 5.58 Å². The number of rotatable bonds is 2. The Kier molecular flexibility index (Phi) is 3.59. The first kappa shape index (κ1) is 14.3. The van der Waals surface area contributed by atoms with Gasteiger partial charge in [-0.15, -0.1) is 0 Å². The van der Waals surface area contributed by atoms with E-state index < -0.39 is 7.65 Å². The van der Waals surface area contributed by atoms with Crippen LogP contribution in [0.4, 0.5) is 0 Å². The van der Waals surface area contributed by atoms with E-state index >= 15 is 0 Å². The Labute approximate surface area is 125 Å². The molecular weight excluding hydrogens is 279 g/mol. The van der Waals surface area contributed by atoms with Gasteiger partial charge in [-0.2, -0.15) is 0 Å². The fourth-order valence-corrected chi connectivity index (χ4v) is 3.80. The van der Waals surface area contributed by atoms with Crippen molar-refractivity contribution in [3.63, 3.8) is 0 Å². The summed E-state index contributed by atoms with van der Waals surface area (Å²) >= 11 is 0. The van der Waals surface area contributed by atoms with Crippen molar-refractivity contribution in [3.05, 3.63) is 47.5 Å². The minimum Gasteiger partial charge on any atom is -0.249 e. The second-order valence-electron chi connectivity index (χ2n) is 6.16. The summed E-state index contributed by atoms with van der Waals surface area (Å²) in [6, 6.07) is 12.2. The molecule has 1 aromatic heterocycles.